The Balaban J connectivity index is 1.27. The molecule has 5 heterocycles. The number of aryl methyl sites for hydroxylation is 3. The molecule has 7 rings (SSSR count). The lowest BCUT2D eigenvalue weighted by molar-refractivity contribution is -0.140. The van der Waals surface area contributed by atoms with E-state index >= 15 is 0 Å². The fraction of sp³-hybridized carbons (Fsp3) is 0.323. The van der Waals surface area contributed by atoms with E-state index in [2.05, 4.69) is 52.2 Å². The van der Waals surface area contributed by atoms with Gasteiger partial charge < -0.3 is 20.5 Å². The summed E-state index contributed by atoms with van der Waals surface area (Å²) in [6, 6.07) is 7.28. The first kappa shape index (κ1) is 27.4. The molecule has 2 aliphatic rings. The van der Waals surface area contributed by atoms with Crippen molar-refractivity contribution in [2.45, 2.75) is 58.7 Å². The molecular formula is C31H30BrN9O2. The summed E-state index contributed by atoms with van der Waals surface area (Å²) in [6.07, 6.45) is 7.55. The molecule has 1 saturated heterocycles. The van der Waals surface area contributed by atoms with E-state index in [1.54, 1.807) is 17.3 Å². The van der Waals surface area contributed by atoms with Crippen LogP contribution in [-0.2, 0) is 16.1 Å². The van der Waals surface area contributed by atoms with Gasteiger partial charge in [-0.2, -0.15) is 0 Å². The standard InChI is InChI=1S/C31H30BrN9O2/c1-15-4-7-24(32)38-29(15)39-31(43)23-10-18-5-6-22(18)41(23)25(42)13-40-27-16(2)8-19(20-11-34-17(3)35-12-20)9-21(27)26-28(33)36-14-37-30(26)40/h4,7-9,11-12,14,18,22-23H,5-6,10,13H2,1-3H3,(H2,33,36,37)(H,38,39,43)/t18-,22-,23+/m1/s1. The molecule has 1 aromatic carbocycles. The Morgan fingerprint density at radius 3 is 2.56 bits per heavy atom. The van der Waals surface area contributed by atoms with Crippen molar-refractivity contribution < 1.29 is 9.59 Å². The number of anilines is 2. The Bertz CT molecular complexity index is 1940. The van der Waals surface area contributed by atoms with Gasteiger partial charge in [0, 0.05) is 29.4 Å². The number of amides is 2. The Hall–Kier alpha value is -4.45. The molecular weight excluding hydrogens is 610 g/mol. The molecule has 0 bridgehead atoms. The highest BCUT2D eigenvalue weighted by Gasteiger charge is 2.51. The van der Waals surface area contributed by atoms with Gasteiger partial charge in [-0.05, 0) is 96.8 Å². The molecule has 1 aliphatic carbocycles. The Labute approximate surface area is 256 Å². The summed E-state index contributed by atoms with van der Waals surface area (Å²) >= 11 is 3.38. The third-order valence-electron chi connectivity index (χ3n) is 8.85. The van der Waals surface area contributed by atoms with Crippen LogP contribution in [0.1, 0.15) is 36.2 Å². The van der Waals surface area contributed by atoms with Gasteiger partial charge in [-0.1, -0.05) is 6.07 Å². The summed E-state index contributed by atoms with van der Waals surface area (Å²) in [6.45, 7) is 5.77. The summed E-state index contributed by atoms with van der Waals surface area (Å²) in [7, 11) is 0. The van der Waals surface area contributed by atoms with Crippen LogP contribution in [-0.4, -0.2) is 58.3 Å². The molecule has 4 aromatic heterocycles. The van der Waals surface area contributed by atoms with Gasteiger partial charge in [-0.25, -0.2) is 24.9 Å². The SMILES string of the molecule is Cc1ncc(-c2cc(C)c3c(c2)c2c(N)ncnc2n3CC(=O)N2[C@@H]3CC[C@@H]3C[C@H]2C(=O)Nc2nc(Br)ccc2C)cn1. The average molecular weight is 641 g/mol. The number of pyridine rings is 1. The van der Waals surface area contributed by atoms with Gasteiger partial charge >= 0.3 is 0 Å². The van der Waals surface area contributed by atoms with Crippen molar-refractivity contribution in [2.24, 2.45) is 5.92 Å². The molecule has 2 amide bonds. The highest BCUT2D eigenvalue weighted by atomic mass is 79.9. The lowest BCUT2D eigenvalue weighted by Gasteiger charge is -2.37. The summed E-state index contributed by atoms with van der Waals surface area (Å²) in [5.41, 5.74) is 11.5. The van der Waals surface area contributed by atoms with E-state index in [1.165, 1.54) is 6.33 Å². The minimum atomic E-state index is -0.577. The van der Waals surface area contributed by atoms with E-state index in [9.17, 15) is 9.59 Å². The number of rotatable bonds is 5. The molecule has 1 saturated carbocycles. The van der Waals surface area contributed by atoms with Gasteiger partial charge in [-0.3, -0.25) is 9.59 Å². The quantitative estimate of drug-likeness (QED) is 0.263. The van der Waals surface area contributed by atoms with Gasteiger partial charge in [0.25, 0.3) is 0 Å². The summed E-state index contributed by atoms with van der Waals surface area (Å²) < 4.78 is 2.55. The number of likely N-dealkylation sites (tertiary alicyclic amines) is 1. The maximum Gasteiger partial charge on any atom is 0.248 e. The molecule has 0 unspecified atom stereocenters. The van der Waals surface area contributed by atoms with E-state index in [0.29, 0.717) is 45.4 Å². The second-order valence-electron chi connectivity index (χ2n) is 11.5. The summed E-state index contributed by atoms with van der Waals surface area (Å²) in [4.78, 5) is 51.6. The topological polar surface area (TPSA) is 145 Å². The van der Waals surface area contributed by atoms with Crippen LogP contribution in [0.25, 0.3) is 33.1 Å². The average Bonchev–Trinajstić information content (AvgIpc) is 3.42. The fourth-order valence-corrected chi connectivity index (χ4v) is 6.92. The first-order valence-electron chi connectivity index (χ1n) is 14.3. The Kier molecular flexibility index (Phi) is 6.60. The van der Waals surface area contributed by atoms with Crippen molar-refractivity contribution >= 4 is 61.3 Å². The molecule has 3 atom stereocenters. The first-order valence-corrected chi connectivity index (χ1v) is 15.1. The van der Waals surface area contributed by atoms with Crippen LogP contribution >= 0.6 is 15.9 Å². The second kappa shape index (κ2) is 10.4. The van der Waals surface area contributed by atoms with E-state index in [-0.39, 0.29) is 24.4 Å². The Morgan fingerprint density at radius 1 is 1.02 bits per heavy atom. The number of nitrogens with one attached hydrogen (secondary N) is 1. The molecule has 0 spiro atoms. The molecule has 0 radical (unpaired) electrons. The van der Waals surface area contributed by atoms with Crippen molar-refractivity contribution in [1.82, 2.24) is 34.4 Å². The number of carbonyl (C=O) groups excluding carboxylic acids is 2. The smallest absolute Gasteiger partial charge is 0.248 e. The predicted octanol–water partition coefficient (Wildman–Crippen LogP) is 4.72. The molecule has 12 heteroatoms. The third-order valence-corrected chi connectivity index (χ3v) is 9.29. The van der Waals surface area contributed by atoms with Gasteiger partial charge in [-0.15, -0.1) is 0 Å². The van der Waals surface area contributed by atoms with Crippen molar-refractivity contribution in [2.75, 3.05) is 11.1 Å². The molecule has 218 valence electrons. The predicted molar refractivity (Wildman–Crippen MR) is 167 cm³/mol. The van der Waals surface area contributed by atoms with Gasteiger partial charge in [0.05, 0.1) is 10.9 Å². The van der Waals surface area contributed by atoms with Crippen LogP contribution < -0.4 is 11.1 Å². The monoisotopic (exact) mass is 639 g/mol. The van der Waals surface area contributed by atoms with E-state index in [4.69, 9.17) is 5.73 Å². The highest BCUT2D eigenvalue weighted by molar-refractivity contribution is 9.10. The van der Waals surface area contributed by atoms with Crippen molar-refractivity contribution in [3.63, 3.8) is 0 Å². The molecule has 43 heavy (non-hydrogen) atoms. The zero-order valence-corrected chi connectivity index (χ0v) is 25.6. The number of hydrogen-bond acceptors (Lipinski definition) is 8. The van der Waals surface area contributed by atoms with Crippen LogP contribution in [0.3, 0.4) is 0 Å². The minimum Gasteiger partial charge on any atom is -0.383 e. The number of benzene rings is 1. The van der Waals surface area contributed by atoms with Crippen molar-refractivity contribution in [3.05, 3.63) is 64.5 Å². The lowest BCUT2D eigenvalue weighted by atomic mass is 9.80. The normalized spacial score (nSPS) is 19.4. The van der Waals surface area contributed by atoms with E-state index in [0.717, 1.165) is 46.0 Å². The van der Waals surface area contributed by atoms with Crippen LogP contribution in [0.5, 0.6) is 0 Å². The number of halogens is 1. The fourth-order valence-electron chi connectivity index (χ4n) is 6.61. The second-order valence-corrected chi connectivity index (χ2v) is 12.3. The lowest BCUT2D eigenvalue weighted by Crippen LogP contribution is -2.50. The summed E-state index contributed by atoms with van der Waals surface area (Å²) in [5.74, 6) is 1.50. The van der Waals surface area contributed by atoms with Gasteiger partial charge in [0.1, 0.15) is 46.6 Å². The molecule has 2 fully saturated rings. The summed E-state index contributed by atoms with van der Waals surface area (Å²) in [5, 5.41) is 4.52. The molecule has 11 nitrogen and oxygen atoms in total. The minimum absolute atomic E-state index is 0.0193. The molecule has 3 N–H and O–H groups in total. The zero-order valence-electron chi connectivity index (χ0n) is 24.0. The van der Waals surface area contributed by atoms with Crippen LogP contribution in [0.15, 0.2) is 47.6 Å². The highest BCUT2D eigenvalue weighted by Crippen LogP contribution is 2.44. The number of nitrogens with zero attached hydrogens (tertiary/aromatic N) is 7. The van der Waals surface area contributed by atoms with E-state index < -0.39 is 6.04 Å². The largest absolute Gasteiger partial charge is 0.383 e. The number of nitrogens with two attached hydrogens (primary N) is 1. The number of aromatic nitrogens is 6. The zero-order chi connectivity index (χ0) is 30.0. The maximum absolute atomic E-state index is 14.2. The van der Waals surface area contributed by atoms with Crippen molar-refractivity contribution in [1.29, 1.82) is 0 Å². The molecule has 1 aliphatic heterocycles. The number of nitrogen functional groups attached to an aromatic ring is 1. The number of fused-ring (bicyclic) bond motifs is 4. The van der Waals surface area contributed by atoms with Crippen molar-refractivity contribution in [3.8, 4) is 11.1 Å². The number of hydrogen-bond donors (Lipinski definition) is 2. The van der Waals surface area contributed by atoms with Gasteiger partial charge in [0.2, 0.25) is 11.8 Å². The van der Waals surface area contributed by atoms with Crippen LogP contribution in [0.4, 0.5) is 11.6 Å². The van der Waals surface area contributed by atoms with Gasteiger partial charge in [0.15, 0.2) is 0 Å². The Morgan fingerprint density at radius 2 is 1.81 bits per heavy atom. The molecule has 5 aromatic rings. The maximum atomic E-state index is 14.2. The third kappa shape index (κ3) is 4.60. The first-order chi connectivity index (χ1) is 20.7. The van der Waals surface area contributed by atoms with E-state index in [1.807, 2.05) is 43.5 Å². The number of carbonyl (C=O) groups is 2. The van der Waals surface area contributed by atoms with Crippen LogP contribution in [0.2, 0.25) is 0 Å². The van der Waals surface area contributed by atoms with Crippen LogP contribution in [0, 0.1) is 26.7 Å².